The lowest BCUT2D eigenvalue weighted by Gasteiger charge is -2.08. The fraction of sp³-hybridized carbons (Fsp3) is 0.381. The molecule has 0 aliphatic heterocycles. The van der Waals surface area contributed by atoms with Crippen LogP contribution in [0.4, 0.5) is 23.4 Å². The summed E-state index contributed by atoms with van der Waals surface area (Å²) in [6.45, 7) is -0.349. The number of carbonyl (C=O) groups is 1. The second-order valence-corrected chi connectivity index (χ2v) is 9.02. The van der Waals surface area contributed by atoms with Crippen molar-refractivity contribution in [3.05, 3.63) is 62.2 Å². The van der Waals surface area contributed by atoms with Crippen LogP contribution in [0.25, 0.3) is 0 Å². The molecular weight excluding hydrogens is 530 g/mol. The van der Waals surface area contributed by atoms with Crippen LogP contribution in [0.15, 0.2) is 28.9 Å². The highest BCUT2D eigenvalue weighted by Gasteiger charge is 2.39. The van der Waals surface area contributed by atoms with E-state index >= 15 is 0 Å². The lowest BCUT2D eigenvalue weighted by Crippen LogP contribution is -2.22. The van der Waals surface area contributed by atoms with Gasteiger partial charge in [0.25, 0.3) is 0 Å². The topological polar surface area (TPSA) is 64.7 Å². The number of alkyl halides is 3. The second kappa shape index (κ2) is 9.46. The lowest BCUT2D eigenvalue weighted by molar-refractivity contribution is -0.142. The van der Waals surface area contributed by atoms with Crippen LogP contribution in [0.2, 0.25) is 5.02 Å². The summed E-state index contributed by atoms with van der Waals surface area (Å²) in [5.41, 5.74) is -0.0424. The van der Waals surface area contributed by atoms with Crippen molar-refractivity contribution in [3.8, 4) is 0 Å². The molecule has 2 aromatic heterocycles. The molecular formula is C21H19BrClF4N5O. The summed E-state index contributed by atoms with van der Waals surface area (Å²) in [6, 6.07) is 4.33. The molecule has 0 spiro atoms. The third-order valence-corrected chi connectivity index (χ3v) is 6.36. The first kappa shape index (κ1) is 23.7. The Morgan fingerprint density at radius 3 is 2.67 bits per heavy atom. The van der Waals surface area contributed by atoms with E-state index in [0.29, 0.717) is 29.4 Å². The summed E-state index contributed by atoms with van der Waals surface area (Å²) in [7, 11) is 0. The van der Waals surface area contributed by atoms with Crippen LogP contribution < -0.4 is 5.32 Å². The molecule has 6 nitrogen and oxygen atoms in total. The standard InChI is InChI=1S/C21H19BrClF4N5O/c22-14-10-31(9-13-15(23)6-4-7-16(13)24)30-20(14)28-18(33)11-32-17-8-3-1-2-5-12(17)19(29-32)21(25,26)27/h4,6-7,10H,1-3,5,8-9,11H2,(H,28,30,33). The van der Waals surface area contributed by atoms with Gasteiger partial charge in [0.15, 0.2) is 11.5 Å². The van der Waals surface area contributed by atoms with Crippen LogP contribution in [0, 0.1) is 5.82 Å². The van der Waals surface area contributed by atoms with Gasteiger partial charge < -0.3 is 5.32 Å². The summed E-state index contributed by atoms with van der Waals surface area (Å²) in [6.07, 6.45) is -0.0785. The number of hydrogen-bond donors (Lipinski definition) is 1. The third-order valence-electron chi connectivity index (χ3n) is 5.43. The number of carbonyl (C=O) groups excluding carboxylic acids is 1. The summed E-state index contributed by atoms with van der Waals surface area (Å²) < 4.78 is 57.4. The fourth-order valence-corrected chi connectivity index (χ4v) is 4.56. The van der Waals surface area contributed by atoms with Crippen LogP contribution in [-0.4, -0.2) is 25.5 Å². The highest BCUT2D eigenvalue weighted by atomic mass is 79.9. The molecule has 0 saturated carbocycles. The second-order valence-electron chi connectivity index (χ2n) is 7.76. The smallest absolute Gasteiger partial charge is 0.307 e. The average Bonchev–Trinajstić information content (AvgIpc) is 3.13. The van der Waals surface area contributed by atoms with Crippen molar-refractivity contribution in [1.82, 2.24) is 19.6 Å². The Labute approximate surface area is 200 Å². The molecule has 0 radical (unpaired) electrons. The maximum atomic E-state index is 14.1. The predicted molar refractivity (Wildman–Crippen MR) is 118 cm³/mol. The van der Waals surface area contributed by atoms with Crippen LogP contribution in [-0.2, 0) is 36.9 Å². The van der Waals surface area contributed by atoms with Gasteiger partial charge in [0.1, 0.15) is 12.4 Å². The van der Waals surface area contributed by atoms with Gasteiger partial charge in [-0.2, -0.15) is 23.4 Å². The summed E-state index contributed by atoms with van der Waals surface area (Å²) in [5.74, 6) is -0.908. The molecule has 0 atom stereocenters. The average molecular weight is 549 g/mol. The Morgan fingerprint density at radius 1 is 1.18 bits per heavy atom. The Balaban J connectivity index is 1.52. The van der Waals surface area contributed by atoms with Crippen LogP contribution in [0.5, 0.6) is 0 Å². The number of nitrogens with one attached hydrogen (secondary N) is 1. The van der Waals surface area contributed by atoms with Crippen LogP contribution in [0.1, 0.15) is 41.8 Å². The number of hydrogen-bond acceptors (Lipinski definition) is 3. The van der Waals surface area contributed by atoms with E-state index in [9.17, 15) is 22.4 Å². The predicted octanol–water partition coefficient (Wildman–Crippen LogP) is 5.61. The van der Waals surface area contributed by atoms with Crippen molar-refractivity contribution in [2.45, 2.75) is 51.4 Å². The Kier molecular flexibility index (Phi) is 6.81. The zero-order valence-electron chi connectivity index (χ0n) is 17.2. The van der Waals surface area contributed by atoms with Crippen LogP contribution >= 0.6 is 27.5 Å². The minimum atomic E-state index is -4.58. The molecule has 3 aromatic rings. The zero-order chi connectivity index (χ0) is 23.8. The number of rotatable bonds is 5. The molecule has 2 heterocycles. The molecule has 0 saturated heterocycles. The van der Waals surface area contributed by atoms with Gasteiger partial charge >= 0.3 is 6.18 Å². The minimum Gasteiger partial charge on any atom is -0.307 e. The van der Waals surface area contributed by atoms with Gasteiger partial charge in [-0.3, -0.25) is 14.2 Å². The molecule has 0 fully saturated rings. The molecule has 12 heteroatoms. The number of anilines is 1. The van der Waals surface area contributed by atoms with E-state index in [2.05, 4.69) is 31.4 Å². The van der Waals surface area contributed by atoms with Gasteiger partial charge in [-0.15, -0.1) is 0 Å². The Morgan fingerprint density at radius 2 is 1.94 bits per heavy atom. The third kappa shape index (κ3) is 5.24. The van der Waals surface area contributed by atoms with E-state index in [1.165, 1.54) is 16.8 Å². The van der Waals surface area contributed by atoms with Crippen molar-refractivity contribution in [3.63, 3.8) is 0 Å². The van der Waals surface area contributed by atoms with E-state index in [1.807, 2.05) is 0 Å². The van der Waals surface area contributed by atoms with Gasteiger partial charge in [-0.05, 0) is 53.7 Å². The lowest BCUT2D eigenvalue weighted by atomic mass is 10.1. The molecule has 1 aliphatic rings. The highest BCUT2D eigenvalue weighted by molar-refractivity contribution is 9.10. The van der Waals surface area contributed by atoms with Gasteiger partial charge in [0, 0.05) is 28.0 Å². The fourth-order valence-electron chi connectivity index (χ4n) is 3.92. The molecule has 1 aromatic carbocycles. The summed E-state index contributed by atoms with van der Waals surface area (Å²) in [5, 5.41) is 10.8. The van der Waals surface area contributed by atoms with E-state index in [0.717, 1.165) is 17.5 Å². The largest absolute Gasteiger partial charge is 0.435 e. The van der Waals surface area contributed by atoms with Crippen LogP contribution in [0.3, 0.4) is 0 Å². The maximum Gasteiger partial charge on any atom is 0.435 e. The Bertz CT molecular complexity index is 1170. The first-order valence-electron chi connectivity index (χ1n) is 10.2. The molecule has 0 unspecified atom stereocenters. The first-order chi connectivity index (χ1) is 15.6. The molecule has 176 valence electrons. The number of aromatic nitrogens is 4. The van der Waals surface area contributed by atoms with Crippen molar-refractivity contribution in [2.24, 2.45) is 0 Å². The van der Waals surface area contributed by atoms with Gasteiger partial charge in [0.2, 0.25) is 5.91 Å². The monoisotopic (exact) mass is 547 g/mol. The van der Waals surface area contributed by atoms with Crippen molar-refractivity contribution in [1.29, 1.82) is 0 Å². The molecule has 0 bridgehead atoms. The number of fused-ring (bicyclic) bond motifs is 1. The SMILES string of the molecule is O=C(Cn1nc(C(F)(F)F)c2c1CCCCC2)Nc1nn(Cc2c(F)cccc2Cl)cc1Br. The summed E-state index contributed by atoms with van der Waals surface area (Å²) >= 11 is 9.34. The normalized spacial score (nSPS) is 14.1. The number of benzene rings is 1. The number of nitrogens with zero attached hydrogens (tertiary/aromatic N) is 4. The molecule has 33 heavy (non-hydrogen) atoms. The van der Waals surface area contributed by atoms with Crippen molar-refractivity contribution < 1.29 is 22.4 Å². The molecule has 1 amide bonds. The Hall–Kier alpha value is -2.40. The highest BCUT2D eigenvalue weighted by Crippen LogP contribution is 2.35. The van der Waals surface area contributed by atoms with E-state index in [1.54, 1.807) is 12.3 Å². The van der Waals surface area contributed by atoms with E-state index in [4.69, 9.17) is 11.6 Å². The first-order valence-corrected chi connectivity index (χ1v) is 11.4. The summed E-state index contributed by atoms with van der Waals surface area (Å²) in [4.78, 5) is 12.6. The number of halogens is 6. The van der Waals surface area contributed by atoms with Crippen molar-refractivity contribution >= 4 is 39.3 Å². The minimum absolute atomic E-state index is 0.0293. The van der Waals surface area contributed by atoms with E-state index in [-0.39, 0.29) is 35.1 Å². The quantitative estimate of drug-likeness (QED) is 0.333. The molecule has 4 rings (SSSR count). The molecule has 1 N–H and O–H groups in total. The van der Waals surface area contributed by atoms with Gasteiger partial charge in [-0.25, -0.2) is 4.39 Å². The van der Waals surface area contributed by atoms with E-state index < -0.39 is 23.6 Å². The molecule has 1 aliphatic carbocycles. The number of amides is 1. The van der Waals surface area contributed by atoms with Gasteiger partial charge in [0.05, 0.1) is 11.0 Å². The van der Waals surface area contributed by atoms with Crippen molar-refractivity contribution in [2.75, 3.05) is 5.32 Å². The maximum absolute atomic E-state index is 14.1. The zero-order valence-corrected chi connectivity index (χ0v) is 19.6. The van der Waals surface area contributed by atoms with Gasteiger partial charge in [-0.1, -0.05) is 24.1 Å².